The summed E-state index contributed by atoms with van der Waals surface area (Å²) in [6.07, 6.45) is 4.63. The monoisotopic (exact) mass is 411 g/mol. The highest BCUT2D eigenvalue weighted by molar-refractivity contribution is 5.92. The van der Waals surface area contributed by atoms with Crippen molar-refractivity contribution in [3.63, 3.8) is 0 Å². The van der Waals surface area contributed by atoms with E-state index in [-0.39, 0.29) is 24.9 Å². The van der Waals surface area contributed by atoms with Gasteiger partial charge in [-0.05, 0) is 0 Å². The van der Waals surface area contributed by atoms with Crippen LogP contribution >= 0.6 is 0 Å². The Morgan fingerprint density at radius 1 is 0.828 bits per heavy atom. The molecule has 0 aliphatic carbocycles. The summed E-state index contributed by atoms with van der Waals surface area (Å²) in [4.78, 5) is 58.8. The molecular formula is C19H25NO9. The first-order valence-electron chi connectivity index (χ1n) is 8.93. The van der Waals surface area contributed by atoms with E-state index >= 15 is 0 Å². The van der Waals surface area contributed by atoms with Crippen LogP contribution in [0.1, 0.15) is 12.8 Å². The summed E-state index contributed by atoms with van der Waals surface area (Å²) < 4.78 is 19.0. The summed E-state index contributed by atoms with van der Waals surface area (Å²) in [5, 5.41) is 0. The molecule has 1 saturated heterocycles. The van der Waals surface area contributed by atoms with Crippen molar-refractivity contribution in [3.05, 3.63) is 24.3 Å². The summed E-state index contributed by atoms with van der Waals surface area (Å²) in [6.45, 7) is 1.45. The molecule has 1 fully saturated rings. The second-order valence-corrected chi connectivity index (χ2v) is 6.18. The number of hydrogen-bond acceptors (Lipinski definition) is 10. The number of nitrogens with zero attached hydrogens (tertiary/aromatic N) is 1. The minimum Gasteiger partial charge on any atom is -0.466 e. The van der Waals surface area contributed by atoms with E-state index in [1.165, 1.54) is 14.2 Å². The van der Waals surface area contributed by atoms with Crippen molar-refractivity contribution in [2.24, 2.45) is 5.92 Å². The average molecular weight is 411 g/mol. The van der Waals surface area contributed by atoms with E-state index in [0.29, 0.717) is 32.5 Å². The van der Waals surface area contributed by atoms with Gasteiger partial charge >= 0.3 is 23.9 Å². The van der Waals surface area contributed by atoms with Gasteiger partial charge in [0.2, 0.25) is 0 Å². The summed E-state index contributed by atoms with van der Waals surface area (Å²) in [6, 6.07) is 0. The van der Waals surface area contributed by atoms with E-state index < -0.39 is 23.9 Å². The van der Waals surface area contributed by atoms with Crippen molar-refractivity contribution in [2.75, 3.05) is 47.1 Å². The van der Waals surface area contributed by atoms with Crippen LogP contribution < -0.4 is 0 Å². The van der Waals surface area contributed by atoms with Gasteiger partial charge in [0.15, 0.2) is 0 Å². The molecule has 0 aromatic rings. The summed E-state index contributed by atoms with van der Waals surface area (Å²) in [7, 11) is 2.36. The minimum atomic E-state index is -0.744. The first kappa shape index (κ1) is 24.0. The zero-order valence-electron chi connectivity index (χ0n) is 16.5. The van der Waals surface area contributed by atoms with Crippen molar-refractivity contribution in [1.82, 2.24) is 4.90 Å². The first-order chi connectivity index (χ1) is 13.8. The Balaban J connectivity index is 2.59. The number of piperidine rings is 1. The number of ether oxygens (including phenoxy) is 4. The van der Waals surface area contributed by atoms with Gasteiger partial charge in [-0.2, -0.15) is 0 Å². The Kier molecular flexibility index (Phi) is 10.9. The molecule has 0 saturated carbocycles. The molecule has 0 atom stereocenters. The normalized spacial score (nSPS) is 14.9. The second-order valence-electron chi connectivity index (χ2n) is 6.18. The van der Waals surface area contributed by atoms with Gasteiger partial charge in [0.1, 0.15) is 5.78 Å². The third-order valence-electron chi connectivity index (χ3n) is 3.97. The Labute approximate surface area is 168 Å². The zero-order chi connectivity index (χ0) is 21.6. The highest BCUT2D eigenvalue weighted by atomic mass is 16.5. The molecule has 0 N–H and O–H groups in total. The van der Waals surface area contributed by atoms with Crippen LogP contribution in [0.2, 0.25) is 0 Å². The van der Waals surface area contributed by atoms with Crippen LogP contribution in [0.4, 0.5) is 0 Å². The predicted octanol–water partition coefficient (Wildman–Crippen LogP) is -0.188. The van der Waals surface area contributed by atoms with Gasteiger partial charge in [0.05, 0.1) is 27.4 Å². The molecule has 160 valence electrons. The molecule has 1 heterocycles. The third kappa shape index (κ3) is 10.8. The van der Waals surface area contributed by atoms with Gasteiger partial charge in [-0.15, -0.1) is 0 Å². The van der Waals surface area contributed by atoms with E-state index in [1.807, 2.05) is 4.90 Å². The minimum absolute atomic E-state index is 0.0667. The lowest BCUT2D eigenvalue weighted by Crippen LogP contribution is -2.40. The van der Waals surface area contributed by atoms with Gasteiger partial charge in [0.25, 0.3) is 0 Å². The summed E-state index contributed by atoms with van der Waals surface area (Å²) in [5.74, 6) is -3.05. The van der Waals surface area contributed by atoms with Gasteiger partial charge in [-0.3, -0.25) is 4.79 Å². The fraction of sp³-hybridized carbons (Fsp3) is 0.526. The fourth-order valence-corrected chi connectivity index (χ4v) is 2.41. The second kappa shape index (κ2) is 13.2. The zero-order valence-corrected chi connectivity index (χ0v) is 16.5. The van der Waals surface area contributed by atoms with Crippen molar-refractivity contribution >= 4 is 29.7 Å². The van der Waals surface area contributed by atoms with Gasteiger partial charge in [-0.25, -0.2) is 19.2 Å². The Morgan fingerprint density at radius 3 is 1.66 bits per heavy atom. The smallest absolute Gasteiger partial charge is 0.331 e. The van der Waals surface area contributed by atoms with Crippen molar-refractivity contribution in [1.29, 1.82) is 0 Å². The fourth-order valence-electron chi connectivity index (χ4n) is 2.41. The Morgan fingerprint density at radius 2 is 1.24 bits per heavy atom. The number of carbonyl (C=O) groups excluding carboxylic acids is 5. The maximum Gasteiger partial charge on any atom is 0.331 e. The molecule has 10 heteroatoms. The lowest BCUT2D eigenvalue weighted by atomic mass is 10.1. The third-order valence-corrected chi connectivity index (χ3v) is 3.97. The van der Waals surface area contributed by atoms with Crippen LogP contribution in [0.3, 0.4) is 0 Å². The average Bonchev–Trinajstić information content (AvgIpc) is 2.73. The van der Waals surface area contributed by atoms with Crippen molar-refractivity contribution < 1.29 is 42.9 Å². The number of esters is 4. The maximum absolute atomic E-state index is 11.7. The number of ketones is 1. The number of likely N-dealkylation sites (tertiary alicyclic amines) is 1. The number of hydrogen-bond donors (Lipinski definition) is 0. The quantitative estimate of drug-likeness (QED) is 0.271. The molecule has 0 spiro atoms. The molecular weight excluding hydrogens is 386 g/mol. The highest BCUT2D eigenvalue weighted by Gasteiger charge is 2.22. The highest BCUT2D eigenvalue weighted by Crippen LogP contribution is 2.10. The molecule has 1 aliphatic heterocycles. The topological polar surface area (TPSA) is 126 Å². The molecule has 0 amide bonds. The van der Waals surface area contributed by atoms with Gasteiger partial charge in [0, 0.05) is 62.7 Å². The molecule has 10 nitrogen and oxygen atoms in total. The number of carbonyl (C=O) groups is 5. The van der Waals surface area contributed by atoms with Crippen LogP contribution in [0.25, 0.3) is 0 Å². The van der Waals surface area contributed by atoms with Crippen molar-refractivity contribution in [3.8, 4) is 0 Å². The van der Waals surface area contributed by atoms with Crippen LogP contribution in [0, 0.1) is 5.92 Å². The number of rotatable bonds is 10. The molecule has 0 aromatic carbocycles. The predicted molar refractivity (Wildman–Crippen MR) is 98.4 cm³/mol. The van der Waals surface area contributed by atoms with E-state index in [9.17, 15) is 24.0 Å². The molecule has 1 rings (SSSR count). The Bertz CT molecular complexity index is 617. The van der Waals surface area contributed by atoms with Gasteiger partial charge < -0.3 is 23.8 Å². The number of Topliss-reactive ketones (excluding diaryl/α,β-unsaturated/α-hetero) is 1. The Hall–Kier alpha value is -3.01. The molecule has 0 aromatic heterocycles. The van der Waals surface area contributed by atoms with E-state index in [0.717, 1.165) is 24.3 Å². The SMILES string of the molecule is COC(=O)/C=C/C(=O)OCC(COC(=O)/C=C/C(=O)OC)CN1CCC(=O)CC1. The lowest BCUT2D eigenvalue weighted by molar-refractivity contribution is -0.144. The molecule has 0 bridgehead atoms. The van der Waals surface area contributed by atoms with E-state index in [1.54, 1.807) is 0 Å². The molecule has 1 aliphatic rings. The van der Waals surface area contributed by atoms with Gasteiger partial charge in [-0.1, -0.05) is 0 Å². The summed E-state index contributed by atoms with van der Waals surface area (Å²) in [5.41, 5.74) is 0. The standard InChI is InChI=1S/C19H25NO9/c1-26-16(22)3-5-18(24)28-12-14(11-20-9-7-15(21)8-10-20)13-29-19(25)6-4-17(23)27-2/h3-6,14H,7-13H2,1-2H3/b5-3+,6-4+. The maximum atomic E-state index is 11.7. The van der Waals surface area contributed by atoms with Crippen molar-refractivity contribution in [2.45, 2.75) is 12.8 Å². The van der Waals surface area contributed by atoms with E-state index in [2.05, 4.69) is 9.47 Å². The van der Waals surface area contributed by atoms with Crippen LogP contribution in [0.5, 0.6) is 0 Å². The first-order valence-corrected chi connectivity index (χ1v) is 8.93. The van der Waals surface area contributed by atoms with Crippen LogP contribution in [-0.4, -0.2) is 81.6 Å². The molecule has 0 unspecified atom stereocenters. The van der Waals surface area contributed by atoms with Crippen LogP contribution in [-0.2, 0) is 42.9 Å². The lowest BCUT2D eigenvalue weighted by Gasteiger charge is -2.29. The number of methoxy groups -OCH3 is 2. The molecule has 29 heavy (non-hydrogen) atoms. The van der Waals surface area contributed by atoms with E-state index in [4.69, 9.17) is 9.47 Å². The van der Waals surface area contributed by atoms with Crippen LogP contribution in [0.15, 0.2) is 24.3 Å². The summed E-state index contributed by atoms with van der Waals surface area (Å²) >= 11 is 0. The largest absolute Gasteiger partial charge is 0.466 e. The molecule has 0 radical (unpaired) electrons.